The maximum absolute atomic E-state index is 11.6. The molecule has 0 bridgehead atoms. The van der Waals surface area contributed by atoms with Crippen molar-refractivity contribution in [3.8, 4) is 0 Å². The lowest BCUT2D eigenvalue weighted by atomic mass is 10.1. The first-order chi connectivity index (χ1) is 8.93. The lowest BCUT2D eigenvalue weighted by Crippen LogP contribution is -2.43. The third kappa shape index (κ3) is 5.19. The van der Waals surface area contributed by atoms with E-state index in [1.807, 2.05) is 6.92 Å². The van der Waals surface area contributed by atoms with Gasteiger partial charge in [-0.15, -0.1) is 11.3 Å². The van der Waals surface area contributed by atoms with Crippen molar-refractivity contribution >= 4 is 17.4 Å². The van der Waals surface area contributed by atoms with Crippen LogP contribution in [0.25, 0.3) is 0 Å². The third-order valence-corrected chi connectivity index (χ3v) is 4.33. The molecule has 1 heterocycles. The number of urea groups is 1. The normalized spacial score (nSPS) is 12.5. The molecule has 0 fully saturated rings. The molecule has 0 aromatic carbocycles. The Morgan fingerprint density at radius 2 is 2.05 bits per heavy atom. The second-order valence-corrected chi connectivity index (χ2v) is 6.43. The van der Waals surface area contributed by atoms with Gasteiger partial charge in [0.1, 0.15) is 0 Å². The largest absolute Gasteiger partial charge is 0.338 e. The van der Waals surface area contributed by atoms with Gasteiger partial charge in [0.25, 0.3) is 0 Å². The molecule has 0 saturated heterocycles. The quantitative estimate of drug-likeness (QED) is 0.843. The fraction of sp³-hybridized carbons (Fsp3) is 0.714. The van der Waals surface area contributed by atoms with E-state index in [0.29, 0.717) is 12.5 Å². The zero-order valence-electron chi connectivity index (χ0n) is 12.5. The number of nitrogens with zero attached hydrogens (tertiary/aromatic N) is 1. The van der Waals surface area contributed by atoms with Crippen molar-refractivity contribution in [3.05, 3.63) is 15.6 Å². The molecule has 1 atom stereocenters. The summed E-state index contributed by atoms with van der Waals surface area (Å²) in [7, 11) is 0. The molecule has 4 nitrogen and oxygen atoms in total. The van der Waals surface area contributed by atoms with Gasteiger partial charge < -0.3 is 10.6 Å². The molecule has 0 saturated carbocycles. The van der Waals surface area contributed by atoms with E-state index in [-0.39, 0.29) is 12.1 Å². The molecule has 19 heavy (non-hydrogen) atoms. The summed E-state index contributed by atoms with van der Waals surface area (Å²) in [5.74, 6) is 0.444. The second-order valence-electron chi connectivity index (χ2n) is 5.15. The van der Waals surface area contributed by atoms with E-state index < -0.39 is 0 Å². The van der Waals surface area contributed by atoms with Crippen LogP contribution in [-0.2, 0) is 12.8 Å². The zero-order chi connectivity index (χ0) is 14.4. The molecule has 1 unspecified atom stereocenters. The Hall–Kier alpha value is -1.10. The number of carbonyl (C=O) groups is 1. The van der Waals surface area contributed by atoms with Crippen LogP contribution < -0.4 is 10.6 Å². The second kappa shape index (κ2) is 7.48. The molecule has 1 rings (SSSR count). The minimum absolute atomic E-state index is 0.0924. The molecule has 2 amide bonds. The third-order valence-electron chi connectivity index (χ3n) is 3.26. The molecule has 108 valence electrons. The summed E-state index contributed by atoms with van der Waals surface area (Å²) in [6.45, 7) is 11.1. The van der Waals surface area contributed by atoms with Crippen LogP contribution in [0.1, 0.15) is 43.3 Å². The Morgan fingerprint density at radius 3 is 2.58 bits per heavy atom. The van der Waals surface area contributed by atoms with Crippen molar-refractivity contribution in [1.82, 2.24) is 15.6 Å². The molecule has 0 spiro atoms. The van der Waals surface area contributed by atoms with Crippen LogP contribution in [0.15, 0.2) is 0 Å². The summed E-state index contributed by atoms with van der Waals surface area (Å²) in [5.41, 5.74) is 1.18. The average molecular weight is 283 g/mol. The predicted octanol–water partition coefficient (Wildman–Crippen LogP) is 2.90. The van der Waals surface area contributed by atoms with Gasteiger partial charge in [0.2, 0.25) is 0 Å². The van der Waals surface area contributed by atoms with Gasteiger partial charge in [0.15, 0.2) is 0 Å². The Kier molecular flexibility index (Phi) is 6.28. The maximum Gasteiger partial charge on any atom is 0.315 e. The highest BCUT2D eigenvalue weighted by atomic mass is 32.1. The van der Waals surface area contributed by atoms with Gasteiger partial charge in [-0.2, -0.15) is 0 Å². The number of carbonyl (C=O) groups excluding carboxylic acids is 1. The Labute approximate surface area is 120 Å². The van der Waals surface area contributed by atoms with E-state index in [4.69, 9.17) is 0 Å². The van der Waals surface area contributed by atoms with Crippen LogP contribution in [0, 0.1) is 12.8 Å². The summed E-state index contributed by atoms with van der Waals surface area (Å²) in [6, 6.07) is 0.0963. The van der Waals surface area contributed by atoms with Crippen molar-refractivity contribution in [2.24, 2.45) is 5.92 Å². The fourth-order valence-corrected chi connectivity index (χ4v) is 2.65. The van der Waals surface area contributed by atoms with Gasteiger partial charge in [-0.3, -0.25) is 0 Å². The minimum Gasteiger partial charge on any atom is -0.338 e. The molecule has 1 aromatic heterocycles. The lowest BCUT2D eigenvalue weighted by molar-refractivity contribution is 0.234. The van der Waals surface area contributed by atoms with Gasteiger partial charge in [0, 0.05) is 23.9 Å². The smallest absolute Gasteiger partial charge is 0.315 e. The van der Waals surface area contributed by atoms with Crippen LogP contribution in [0.5, 0.6) is 0 Å². The molecular weight excluding hydrogens is 258 g/mol. The highest BCUT2D eigenvalue weighted by Gasteiger charge is 2.10. The number of thiazole rings is 1. The van der Waals surface area contributed by atoms with Crippen LogP contribution in [0.2, 0.25) is 0 Å². The summed E-state index contributed by atoms with van der Waals surface area (Å²) in [4.78, 5) is 17.5. The fourth-order valence-electron chi connectivity index (χ4n) is 1.63. The molecule has 1 aromatic rings. The van der Waals surface area contributed by atoms with E-state index in [1.54, 1.807) is 11.3 Å². The van der Waals surface area contributed by atoms with Crippen molar-refractivity contribution < 1.29 is 4.79 Å². The summed E-state index contributed by atoms with van der Waals surface area (Å²) >= 11 is 1.73. The van der Waals surface area contributed by atoms with Gasteiger partial charge >= 0.3 is 6.03 Å². The lowest BCUT2D eigenvalue weighted by Gasteiger charge is -2.17. The van der Waals surface area contributed by atoms with Crippen LogP contribution in [-0.4, -0.2) is 23.6 Å². The van der Waals surface area contributed by atoms with Crippen LogP contribution in [0.4, 0.5) is 4.79 Å². The number of amides is 2. The topological polar surface area (TPSA) is 54.0 Å². The van der Waals surface area contributed by atoms with E-state index in [9.17, 15) is 4.79 Å². The first-order valence-corrected chi connectivity index (χ1v) is 7.75. The highest BCUT2D eigenvalue weighted by molar-refractivity contribution is 7.11. The Bertz CT molecular complexity index is 415. The molecule has 2 N–H and O–H groups in total. The molecule has 0 aliphatic carbocycles. The molecule has 0 aliphatic rings. The predicted molar refractivity (Wildman–Crippen MR) is 80.8 cm³/mol. The van der Waals surface area contributed by atoms with Crippen molar-refractivity contribution in [1.29, 1.82) is 0 Å². The van der Waals surface area contributed by atoms with Crippen LogP contribution in [0.3, 0.4) is 0 Å². The van der Waals surface area contributed by atoms with E-state index in [2.05, 4.69) is 43.3 Å². The standard InChI is InChI=1S/C14H25N3OS/c1-6-12-11(5)19-13(17-12)7-8-15-14(18)16-10(4)9(2)3/h9-10H,6-8H2,1-5H3,(H2,15,16,18). The molecule has 5 heteroatoms. The first kappa shape index (κ1) is 16.0. The molecule has 0 aliphatic heterocycles. The number of aromatic nitrogens is 1. The first-order valence-electron chi connectivity index (χ1n) is 6.93. The van der Waals surface area contributed by atoms with E-state index >= 15 is 0 Å². The van der Waals surface area contributed by atoms with Gasteiger partial charge in [-0.05, 0) is 26.2 Å². The average Bonchev–Trinajstić information content (AvgIpc) is 2.69. The van der Waals surface area contributed by atoms with Crippen molar-refractivity contribution in [3.63, 3.8) is 0 Å². The van der Waals surface area contributed by atoms with Crippen molar-refractivity contribution in [2.45, 2.75) is 53.5 Å². The van der Waals surface area contributed by atoms with Gasteiger partial charge in [-0.25, -0.2) is 9.78 Å². The van der Waals surface area contributed by atoms with Crippen molar-refractivity contribution in [2.75, 3.05) is 6.54 Å². The number of hydrogen-bond acceptors (Lipinski definition) is 3. The number of rotatable bonds is 6. The number of nitrogens with one attached hydrogen (secondary N) is 2. The van der Waals surface area contributed by atoms with E-state index in [1.165, 1.54) is 10.6 Å². The summed E-state index contributed by atoms with van der Waals surface area (Å²) in [6.07, 6.45) is 1.77. The molecule has 0 radical (unpaired) electrons. The molecular formula is C14H25N3OS. The summed E-state index contributed by atoms with van der Waals surface area (Å²) < 4.78 is 0. The summed E-state index contributed by atoms with van der Waals surface area (Å²) in [5, 5.41) is 6.91. The van der Waals surface area contributed by atoms with E-state index in [0.717, 1.165) is 17.8 Å². The van der Waals surface area contributed by atoms with Gasteiger partial charge in [0.05, 0.1) is 10.7 Å². The monoisotopic (exact) mass is 283 g/mol. The SMILES string of the molecule is CCc1nc(CCNC(=O)NC(C)C(C)C)sc1C. The number of aryl methyl sites for hydroxylation is 2. The Balaban J connectivity index is 2.31. The highest BCUT2D eigenvalue weighted by Crippen LogP contribution is 2.17. The van der Waals surface area contributed by atoms with Gasteiger partial charge in [-0.1, -0.05) is 20.8 Å². The minimum atomic E-state index is -0.0924. The maximum atomic E-state index is 11.6. The Morgan fingerprint density at radius 1 is 1.37 bits per heavy atom. The zero-order valence-corrected chi connectivity index (χ0v) is 13.4. The number of hydrogen-bond donors (Lipinski definition) is 2. The van der Waals surface area contributed by atoms with Crippen LogP contribution >= 0.6 is 11.3 Å².